The lowest BCUT2D eigenvalue weighted by Crippen LogP contribution is -2.45. The van der Waals surface area contributed by atoms with E-state index in [9.17, 15) is 14.4 Å². The summed E-state index contributed by atoms with van der Waals surface area (Å²) in [4.78, 5) is 39.4. The maximum Gasteiger partial charge on any atom is 0.255 e. The molecule has 0 aliphatic carbocycles. The molecule has 0 aromatic heterocycles. The molecule has 3 N–H and O–H groups in total. The zero-order valence-corrected chi connectivity index (χ0v) is 20.3. The number of anilines is 2. The Morgan fingerprint density at radius 3 is 2.14 bits per heavy atom. The predicted octanol–water partition coefficient (Wildman–Crippen LogP) is 4.93. The zero-order chi connectivity index (χ0) is 26.0. The summed E-state index contributed by atoms with van der Waals surface area (Å²) in [6, 6.07) is 31.0. The third-order valence-corrected chi connectivity index (χ3v) is 5.70. The molecule has 3 amide bonds. The molecule has 7 heteroatoms. The molecule has 0 heterocycles. The molecule has 4 rings (SSSR count). The molecule has 4 aromatic carbocycles. The van der Waals surface area contributed by atoms with E-state index < -0.39 is 11.9 Å². The summed E-state index contributed by atoms with van der Waals surface area (Å²) in [5.74, 6) is -0.594. The highest BCUT2D eigenvalue weighted by molar-refractivity contribution is 6.10. The van der Waals surface area contributed by atoms with Gasteiger partial charge in [-0.25, -0.2) is 0 Å². The molecule has 0 saturated carbocycles. The number of nitrogens with one attached hydrogen (secondary N) is 3. The third-order valence-electron chi connectivity index (χ3n) is 5.70. The summed E-state index contributed by atoms with van der Waals surface area (Å²) >= 11 is 0. The lowest BCUT2D eigenvalue weighted by molar-refractivity contribution is -0.118. The Morgan fingerprint density at radius 1 is 0.730 bits per heavy atom. The first-order chi connectivity index (χ1) is 18.0. The molecule has 0 unspecified atom stereocenters. The van der Waals surface area contributed by atoms with Crippen LogP contribution in [0.4, 0.5) is 11.4 Å². The Labute approximate surface area is 215 Å². The first-order valence-corrected chi connectivity index (χ1v) is 11.8. The van der Waals surface area contributed by atoms with Crippen LogP contribution in [0.1, 0.15) is 26.3 Å². The topological polar surface area (TPSA) is 96.5 Å². The fourth-order valence-electron chi connectivity index (χ4n) is 3.80. The van der Waals surface area contributed by atoms with E-state index in [1.807, 2.05) is 36.4 Å². The molecule has 0 bridgehead atoms. The van der Waals surface area contributed by atoms with Crippen molar-refractivity contribution in [3.8, 4) is 5.75 Å². The average Bonchev–Trinajstić information content (AvgIpc) is 2.94. The number of amides is 3. The van der Waals surface area contributed by atoms with E-state index >= 15 is 0 Å². The molecule has 186 valence electrons. The summed E-state index contributed by atoms with van der Waals surface area (Å²) in [5.41, 5.74) is 2.50. The zero-order valence-electron chi connectivity index (χ0n) is 20.3. The molecule has 0 radical (unpaired) electrons. The van der Waals surface area contributed by atoms with Crippen molar-refractivity contribution in [1.29, 1.82) is 0 Å². The largest absolute Gasteiger partial charge is 0.497 e. The van der Waals surface area contributed by atoms with Gasteiger partial charge in [-0.1, -0.05) is 66.7 Å². The second kappa shape index (κ2) is 12.2. The van der Waals surface area contributed by atoms with Gasteiger partial charge in [0.25, 0.3) is 11.8 Å². The number of carbonyl (C=O) groups is 3. The van der Waals surface area contributed by atoms with E-state index in [-0.39, 0.29) is 23.8 Å². The van der Waals surface area contributed by atoms with E-state index in [1.54, 1.807) is 79.9 Å². The van der Waals surface area contributed by atoms with Gasteiger partial charge < -0.3 is 20.7 Å². The Kier molecular flexibility index (Phi) is 8.29. The Bertz CT molecular complexity index is 1370. The van der Waals surface area contributed by atoms with Crippen LogP contribution in [0.3, 0.4) is 0 Å². The van der Waals surface area contributed by atoms with Crippen molar-refractivity contribution >= 4 is 29.1 Å². The predicted molar refractivity (Wildman–Crippen MR) is 144 cm³/mol. The molecule has 7 nitrogen and oxygen atoms in total. The maximum atomic E-state index is 13.4. The summed E-state index contributed by atoms with van der Waals surface area (Å²) in [6.45, 7) is 0. The van der Waals surface area contributed by atoms with Gasteiger partial charge in [0, 0.05) is 23.7 Å². The summed E-state index contributed by atoms with van der Waals surface area (Å²) in [6.07, 6.45) is 0.279. The minimum absolute atomic E-state index is 0.249. The molecular weight excluding hydrogens is 466 g/mol. The maximum absolute atomic E-state index is 13.4. The van der Waals surface area contributed by atoms with Crippen LogP contribution in [0.5, 0.6) is 5.75 Å². The van der Waals surface area contributed by atoms with Gasteiger partial charge in [0.2, 0.25) is 5.91 Å². The number of para-hydroxylation sites is 1. The van der Waals surface area contributed by atoms with E-state index in [2.05, 4.69) is 16.0 Å². The lowest BCUT2D eigenvalue weighted by Gasteiger charge is -2.20. The molecule has 4 aromatic rings. The van der Waals surface area contributed by atoms with E-state index in [0.717, 1.165) is 5.56 Å². The number of benzene rings is 4. The normalized spacial score (nSPS) is 11.2. The highest BCUT2D eigenvalue weighted by atomic mass is 16.5. The highest BCUT2D eigenvalue weighted by Crippen LogP contribution is 2.19. The van der Waals surface area contributed by atoms with Crippen molar-refractivity contribution < 1.29 is 19.1 Å². The lowest BCUT2D eigenvalue weighted by atomic mass is 10.0. The summed E-state index contributed by atoms with van der Waals surface area (Å²) in [7, 11) is 1.55. The molecule has 0 spiro atoms. The molecule has 0 saturated heterocycles. The molecule has 0 aliphatic rings. The van der Waals surface area contributed by atoms with Gasteiger partial charge >= 0.3 is 0 Å². The smallest absolute Gasteiger partial charge is 0.255 e. The van der Waals surface area contributed by atoms with Crippen molar-refractivity contribution in [3.63, 3.8) is 0 Å². The van der Waals surface area contributed by atoms with Crippen LogP contribution in [-0.4, -0.2) is 30.9 Å². The molecule has 37 heavy (non-hydrogen) atoms. The van der Waals surface area contributed by atoms with Crippen molar-refractivity contribution in [2.24, 2.45) is 0 Å². The number of rotatable bonds is 9. The molecule has 0 fully saturated rings. The number of carbonyl (C=O) groups excluding carboxylic acids is 3. The van der Waals surface area contributed by atoms with Crippen LogP contribution >= 0.6 is 0 Å². The standard InChI is InChI=1S/C30H27N3O4/c1-37-24-16-10-15-23(20-24)31-30(36)27(19-21-11-4-2-5-12-21)33-29(35)25-17-8-9-18-26(25)32-28(34)22-13-6-3-7-14-22/h2-18,20,27H,19H2,1H3,(H,31,36)(H,32,34)(H,33,35)/t27-/m1/s1. The van der Waals surface area contributed by atoms with Gasteiger partial charge in [0.1, 0.15) is 11.8 Å². The first-order valence-electron chi connectivity index (χ1n) is 11.8. The fourth-order valence-corrected chi connectivity index (χ4v) is 3.80. The van der Waals surface area contributed by atoms with Crippen molar-refractivity contribution in [3.05, 3.63) is 126 Å². The van der Waals surface area contributed by atoms with Gasteiger partial charge in [0.05, 0.1) is 18.4 Å². The van der Waals surface area contributed by atoms with Crippen LogP contribution < -0.4 is 20.7 Å². The average molecular weight is 494 g/mol. The van der Waals surface area contributed by atoms with Gasteiger partial charge in [-0.15, -0.1) is 0 Å². The van der Waals surface area contributed by atoms with Crippen LogP contribution in [0.15, 0.2) is 109 Å². The van der Waals surface area contributed by atoms with Crippen molar-refractivity contribution in [1.82, 2.24) is 5.32 Å². The SMILES string of the molecule is COc1cccc(NC(=O)[C@@H](Cc2ccccc2)NC(=O)c2ccccc2NC(=O)c2ccccc2)c1. The van der Waals surface area contributed by atoms with Crippen LogP contribution in [0, 0.1) is 0 Å². The number of methoxy groups -OCH3 is 1. The van der Waals surface area contributed by atoms with Gasteiger partial charge in [-0.3, -0.25) is 14.4 Å². The summed E-state index contributed by atoms with van der Waals surface area (Å²) < 4.78 is 5.24. The second-order valence-electron chi connectivity index (χ2n) is 8.30. The Morgan fingerprint density at radius 2 is 1.41 bits per heavy atom. The van der Waals surface area contributed by atoms with E-state index in [4.69, 9.17) is 4.74 Å². The van der Waals surface area contributed by atoms with E-state index in [0.29, 0.717) is 22.7 Å². The minimum atomic E-state index is -0.876. The van der Waals surface area contributed by atoms with Crippen LogP contribution in [0.2, 0.25) is 0 Å². The fraction of sp³-hybridized carbons (Fsp3) is 0.100. The van der Waals surface area contributed by atoms with Gasteiger partial charge in [-0.2, -0.15) is 0 Å². The van der Waals surface area contributed by atoms with Crippen molar-refractivity contribution in [2.75, 3.05) is 17.7 Å². The number of ether oxygens (including phenoxy) is 1. The van der Waals surface area contributed by atoms with Crippen molar-refractivity contribution in [2.45, 2.75) is 12.5 Å². The number of hydrogen-bond donors (Lipinski definition) is 3. The van der Waals surface area contributed by atoms with E-state index in [1.165, 1.54) is 0 Å². The second-order valence-corrected chi connectivity index (χ2v) is 8.30. The Hall–Kier alpha value is -4.91. The molecule has 0 aliphatic heterocycles. The first kappa shape index (κ1) is 25.2. The van der Waals surface area contributed by atoms with Gasteiger partial charge in [-0.05, 0) is 42.0 Å². The van der Waals surface area contributed by atoms with Crippen LogP contribution in [0.25, 0.3) is 0 Å². The number of hydrogen-bond acceptors (Lipinski definition) is 4. The van der Waals surface area contributed by atoms with Crippen LogP contribution in [-0.2, 0) is 11.2 Å². The monoisotopic (exact) mass is 493 g/mol. The quantitative estimate of drug-likeness (QED) is 0.308. The highest BCUT2D eigenvalue weighted by Gasteiger charge is 2.24. The third kappa shape index (κ3) is 6.82. The Balaban J connectivity index is 1.55. The summed E-state index contributed by atoms with van der Waals surface area (Å²) in [5, 5.41) is 8.51. The minimum Gasteiger partial charge on any atom is -0.497 e. The van der Waals surface area contributed by atoms with Gasteiger partial charge in [0.15, 0.2) is 0 Å². The molecular formula is C30H27N3O4. The molecule has 1 atom stereocenters.